The standard InChI is InChI=1S/C15H18N2O4S/c1-2-21-15(20)13-9-5-3-4-6-10(9)22-14(13)17-12(19)8-7-11(16)18/h7-8H,2-6H2,1H3,(H2,16,18)(H,17,19)/b8-7+. The number of thiophene rings is 1. The third kappa shape index (κ3) is 3.73. The van der Waals surface area contributed by atoms with E-state index in [-0.39, 0.29) is 6.61 Å². The van der Waals surface area contributed by atoms with Crippen molar-refractivity contribution in [1.29, 1.82) is 0 Å². The number of nitrogens with two attached hydrogens (primary N) is 1. The van der Waals surface area contributed by atoms with E-state index < -0.39 is 17.8 Å². The monoisotopic (exact) mass is 322 g/mol. The Morgan fingerprint density at radius 2 is 2.00 bits per heavy atom. The lowest BCUT2D eigenvalue weighted by Crippen LogP contribution is -2.15. The molecule has 1 aromatic rings. The molecule has 7 heteroatoms. The summed E-state index contributed by atoms with van der Waals surface area (Å²) in [4.78, 5) is 35.8. The van der Waals surface area contributed by atoms with E-state index in [0.717, 1.165) is 48.3 Å². The van der Waals surface area contributed by atoms with Crippen LogP contribution >= 0.6 is 11.3 Å². The van der Waals surface area contributed by atoms with Gasteiger partial charge in [0, 0.05) is 17.0 Å². The lowest BCUT2D eigenvalue weighted by Gasteiger charge is -2.12. The van der Waals surface area contributed by atoms with Crippen molar-refractivity contribution in [2.75, 3.05) is 11.9 Å². The zero-order valence-electron chi connectivity index (χ0n) is 12.3. The van der Waals surface area contributed by atoms with Gasteiger partial charge in [0.2, 0.25) is 11.8 Å². The number of hydrogen-bond donors (Lipinski definition) is 2. The van der Waals surface area contributed by atoms with Crippen molar-refractivity contribution in [1.82, 2.24) is 0 Å². The van der Waals surface area contributed by atoms with Gasteiger partial charge in [-0.25, -0.2) is 4.79 Å². The molecule has 0 spiro atoms. The second-order valence-corrected chi connectivity index (χ2v) is 5.97. The highest BCUT2D eigenvalue weighted by Gasteiger charge is 2.26. The van der Waals surface area contributed by atoms with Gasteiger partial charge in [-0.15, -0.1) is 11.3 Å². The van der Waals surface area contributed by atoms with Crippen molar-refractivity contribution in [3.8, 4) is 0 Å². The van der Waals surface area contributed by atoms with E-state index >= 15 is 0 Å². The van der Waals surface area contributed by atoms with E-state index in [1.54, 1.807) is 6.92 Å². The number of ether oxygens (including phenoxy) is 1. The summed E-state index contributed by atoms with van der Waals surface area (Å²) in [6, 6.07) is 0. The van der Waals surface area contributed by atoms with Gasteiger partial charge in [-0.05, 0) is 38.2 Å². The molecule has 2 amide bonds. The average molecular weight is 322 g/mol. The maximum Gasteiger partial charge on any atom is 0.341 e. The largest absolute Gasteiger partial charge is 0.462 e. The van der Waals surface area contributed by atoms with E-state index in [9.17, 15) is 14.4 Å². The Hall–Kier alpha value is -2.15. The molecule has 0 saturated heterocycles. The molecule has 1 aliphatic carbocycles. The fraction of sp³-hybridized carbons (Fsp3) is 0.400. The maximum atomic E-state index is 12.2. The summed E-state index contributed by atoms with van der Waals surface area (Å²) in [7, 11) is 0. The van der Waals surface area contributed by atoms with E-state index in [2.05, 4.69) is 5.32 Å². The smallest absolute Gasteiger partial charge is 0.341 e. The van der Waals surface area contributed by atoms with Gasteiger partial charge < -0.3 is 15.8 Å². The lowest BCUT2D eigenvalue weighted by molar-refractivity contribution is -0.115. The highest BCUT2D eigenvalue weighted by Crippen LogP contribution is 2.38. The normalized spacial score (nSPS) is 13.7. The van der Waals surface area contributed by atoms with Crippen LogP contribution in [0, 0.1) is 0 Å². The average Bonchev–Trinajstić information content (AvgIpc) is 2.83. The molecule has 118 valence electrons. The van der Waals surface area contributed by atoms with Crippen LogP contribution < -0.4 is 11.1 Å². The van der Waals surface area contributed by atoms with Crippen molar-refractivity contribution in [2.24, 2.45) is 5.73 Å². The number of esters is 1. The number of anilines is 1. The van der Waals surface area contributed by atoms with Gasteiger partial charge in [-0.2, -0.15) is 0 Å². The van der Waals surface area contributed by atoms with Crippen LogP contribution in [0.2, 0.25) is 0 Å². The highest BCUT2D eigenvalue weighted by molar-refractivity contribution is 7.17. The molecule has 0 aromatic carbocycles. The van der Waals surface area contributed by atoms with Crippen LogP contribution in [-0.4, -0.2) is 24.4 Å². The lowest BCUT2D eigenvalue weighted by atomic mass is 9.95. The molecule has 1 aromatic heterocycles. The van der Waals surface area contributed by atoms with Gasteiger partial charge in [0.1, 0.15) is 5.00 Å². The van der Waals surface area contributed by atoms with Crippen LogP contribution in [0.1, 0.15) is 40.6 Å². The second-order valence-electron chi connectivity index (χ2n) is 4.86. The molecule has 0 fully saturated rings. The van der Waals surface area contributed by atoms with E-state index in [4.69, 9.17) is 10.5 Å². The summed E-state index contributed by atoms with van der Waals surface area (Å²) in [5, 5.41) is 3.12. The van der Waals surface area contributed by atoms with E-state index in [1.807, 2.05) is 0 Å². The van der Waals surface area contributed by atoms with E-state index in [0.29, 0.717) is 10.6 Å². The van der Waals surface area contributed by atoms with Gasteiger partial charge in [0.15, 0.2) is 0 Å². The van der Waals surface area contributed by atoms with Gasteiger partial charge in [-0.1, -0.05) is 0 Å². The Morgan fingerprint density at radius 1 is 1.27 bits per heavy atom. The maximum absolute atomic E-state index is 12.2. The molecule has 6 nitrogen and oxygen atoms in total. The van der Waals surface area contributed by atoms with Gasteiger partial charge in [0.05, 0.1) is 12.2 Å². The van der Waals surface area contributed by atoms with Crippen LogP contribution in [-0.2, 0) is 27.2 Å². The number of nitrogens with one attached hydrogen (secondary N) is 1. The third-order valence-corrected chi connectivity index (χ3v) is 4.49. The van der Waals surface area contributed by atoms with Crippen LogP contribution in [0.3, 0.4) is 0 Å². The first-order valence-electron chi connectivity index (χ1n) is 7.13. The Balaban J connectivity index is 2.29. The Morgan fingerprint density at radius 3 is 2.68 bits per heavy atom. The van der Waals surface area contributed by atoms with Crippen molar-refractivity contribution in [2.45, 2.75) is 32.6 Å². The Labute approximate surface area is 132 Å². The molecule has 2 rings (SSSR count). The molecule has 1 heterocycles. The molecule has 22 heavy (non-hydrogen) atoms. The molecular formula is C15H18N2O4S. The minimum absolute atomic E-state index is 0.276. The number of hydrogen-bond acceptors (Lipinski definition) is 5. The summed E-state index contributed by atoms with van der Waals surface area (Å²) >= 11 is 1.40. The zero-order valence-corrected chi connectivity index (χ0v) is 13.1. The number of rotatable bonds is 5. The van der Waals surface area contributed by atoms with Crippen LogP contribution in [0.25, 0.3) is 0 Å². The quantitative estimate of drug-likeness (QED) is 0.637. The zero-order chi connectivity index (χ0) is 16.1. The number of carbonyl (C=O) groups is 3. The molecule has 0 bridgehead atoms. The summed E-state index contributed by atoms with van der Waals surface area (Å²) in [6.07, 6.45) is 5.84. The van der Waals surface area contributed by atoms with Crippen LogP contribution in [0.4, 0.5) is 5.00 Å². The number of aryl methyl sites for hydroxylation is 1. The van der Waals surface area contributed by atoms with Gasteiger partial charge in [0.25, 0.3) is 0 Å². The summed E-state index contributed by atoms with van der Waals surface area (Å²) < 4.78 is 5.10. The van der Waals surface area contributed by atoms with Crippen LogP contribution in [0.5, 0.6) is 0 Å². The summed E-state index contributed by atoms with van der Waals surface area (Å²) in [5.41, 5.74) is 6.38. The van der Waals surface area contributed by atoms with Crippen LogP contribution in [0.15, 0.2) is 12.2 Å². The summed E-state index contributed by atoms with van der Waals surface area (Å²) in [5.74, 6) is -1.62. The molecular weight excluding hydrogens is 304 g/mol. The second kappa shape index (κ2) is 7.22. The molecule has 3 N–H and O–H groups in total. The number of carbonyl (C=O) groups excluding carboxylic acids is 3. The molecule has 0 radical (unpaired) electrons. The SMILES string of the molecule is CCOC(=O)c1c(NC(=O)/C=C/C(N)=O)sc2c1CCCC2. The van der Waals surface area contributed by atoms with Crippen molar-refractivity contribution in [3.63, 3.8) is 0 Å². The Bertz CT molecular complexity index is 634. The minimum atomic E-state index is -0.703. The summed E-state index contributed by atoms with van der Waals surface area (Å²) in [6.45, 7) is 2.02. The molecule has 1 aliphatic rings. The van der Waals surface area contributed by atoms with Gasteiger partial charge in [-0.3, -0.25) is 9.59 Å². The van der Waals surface area contributed by atoms with Crippen molar-refractivity contribution in [3.05, 3.63) is 28.2 Å². The first kappa shape index (κ1) is 16.2. The fourth-order valence-electron chi connectivity index (χ4n) is 2.38. The first-order chi connectivity index (χ1) is 10.5. The Kier molecular flexibility index (Phi) is 5.32. The fourth-order valence-corrected chi connectivity index (χ4v) is 3.66. The number of amides is 2. The third-order valence-electron chi connectivity index (χ3n) is 3.29. The number of primary amides is 1. The van der Waals surface area contributed by atoms with E-state index in [1.165, 1.54) is 11.3 Å². The minimum Gasteiger partial charge on any atom is -0.462 e. The van der Waals surface area contributed by atoms with Crippen molar-refractivity contribution < 1.29 is 19.1 Å². The van der Waals surface area contributed by atoms with Crippen molar-refractivity contribution >= 4 is 34.1 Å². The molecule has 0 atom stereocenters. The predicted octanol–water partition coefficient (Wildman–Crippen LogP) is 1.78. The molecule has 0 aliphatic heterocycles. The predicted molar refractivity (Wildman–Crippen MR) is 83.9 cm³/mol. The molecule has 0 unspecified atom stereocenters. The first-order valence-corrected chi connectivity index (χ1v) is 7.94. The topological polar surface area (TPSA) is 98.5 Å². The van der Waals surface area contributed by atoms with Gasteiger partial charge >= 0.3 is 5.97 Å². The highest BCUT2D eigenvalue weighted by atomic mass is 32.1. The number of fused-ring (bicyclic) bond motifs is 1. The molecule has 0 saturated carbocycles.